The quantitative estimate of drug-likeness (QED) is 0.760. The number of carbonyl (C=O) groups is 1. The Morgan fingerprint density at radius 1 is 1.19 bits per heavy atom. The Kier molecular flexibility index (Phi) is 8.54. The molecule has 0 bridgehead atoms. The van der Waals surface area contributed by atoms with Crippen LogP contribution in [0.2, 0.25) is 0 Å². The van der Waals surface area contributed by atoms with Crippen LogP contribution in [0.4, 0.5) is 11.8 Å². The molecule has 1 saturated carbocycles. The molecule has 2 fully saturated rings. The van der Waals surface area contributed by atoms with Crippen molar-refractivity contribution in [3.63, 3.8) is 0 Å². The first-order chi connectivity index (χ1) is 12.8. The average Bonchev–Trinajstić information content (AvgIpc) is 3.21. The highest BCUT2D eigenvalue weighted by molar-refractivity contribution is 5.79. The largest absolute Gasteiger partial charge is 0.351 e. The molecule has 26 heavy (non-hydrogen) atoms. The van der Waals surface area contributed by atoms with Crippen LogP contribution in [0.3, 0.4) is 0 Å². The molecule has 2 heterocycles. The first-order valence-electron chi connectivity index (χ1n) is 10.0. The van der Waals surface area contributed by atoms with Gasteiger partial charge in [0, 0.05) is 23.8 Å². The molecule has 1 aromatic rings. The van der Waals surface area contributed by atoms with Crippen molar-refractivity contribution in [1.29, 1.82) is 0 Å². The minimum Gasteiger partial charge on any atom is -0.351 e. The molecular formula is C20H33N5O. The Bertz CT molecular complexity index is 578. The summed E-state index contributed by atoms with van der Waals surface area (Å²) in [4.78, 5) is 22.7. The zero-order valence-electron chi connectivity index (χ0n) is 16.4. The fourth-order valence-electron chi connectivity index (χ4n) is 3.60. The van der Waals surface area contributed by atoms with Gasteiger partial charge in [-0.3, -0.25) is 9.69 Å². The Balaban J connectivity index is 0.00000117. The predicted octanol–water partition coefficient (Wildman–Crippen LogP) is 3.61. The molecule has 144 valence electrons. The molecule has 1 amide bonds. The number of anilines is 2. The molecule has 1 saturated heterocycles. The fraction of sp³-hybridized carbons (Fsp3) is 0.650. The van der Waals surface area contributed by atoms with Crippen molar-refractivity contribution < 1.29 is 4.79 Å². The van der Waals surface area contributed by atoms with Crippen LogP contribution in [0, 0.1) is 0 Å². The molecule has 1 aliphatic carbocycles. The van der Waals surface area contributed by atoms with Crippen LogP contribution in [-0.4, -0.2) is 41.6 Å². The molecule has 3 rings (SSSR count). The second-order valence-corrected chi connectivity index (χ2v) is 6.59. The molecule has 0 aromatic carbocycles. The van der Waals surface area contributed by atoms with E-state index in [2.05, 4.69) is 15.6 Å². The number of rotatable bonds is 6. The summed E-state index contributed by atoms with van der Waals surface area (Å²) in [6.07, 6.45) is 13.3. The SMILES string of the molecule is C/C=C\c1cnc(NC2CCNCC2)nc1N(C=O)C1CCCC1.CC. The number of nitrogens with one attached hydrogen (secondary N) is 2. The van der Waals surface area contributed by atoms with Gasteiger partial charge in [0.1, 0.15) is 5.82 Å². The van der Waals surface area contributed by atoms with Gasteiger partial charge in [0.2, 0.25) is 12.4 Å². The summed E-state index contributed by atoms with van der Waals surface area (Å²) in [7, 11) is 0. The number of aromatic nitrogens is 2. The standard InChI is InChI=1S/C18H27N5O.C2H6/c1-2-5-14-12-20-18(21-15-8-10-19-11-9-15)22-17(14)23(13-24)16-6-3-4-7-16;1-2/h2,5,12-13,15-16,19H,3-4,6-11H2,1H3,(H,20,21,22);1-2H3/b5-2-;. The lowest BCUT2D eigenvalue weighted by Crippen LogP contribution is -2.36. The van der Waals surface area contributed by atoms with E-state index in [0.717, 1.165) is 56.6 Å². The molecule has 0 spiro atoms. The first-order valence-corrected chi connectivity index (χ1v) is 10.0. The molecule has 2 N–H and O–H groups in total. The van der Waals surface area contributed by atoms with E-state index in [1.54, 1.807) is 4.90 Å². The number of hydrogen-bond donors (Lipinski definition) is 2. The van der Waals surface area contributed by atoms with E-state index < -0.39 is 0 Å². The van der Waals surface area contributed by atoms with Gasteiger partial charge in [-0.2, -0.15) is 4.98 Å². The maximum Gasteiger partial charge on any atom is 0.224 e. The van der Waals surface area contributed by atoms with Gasteiger partial charge < -0.3 is 10.6 Å². The van der Waals surface area contributed by atoms with E-state index in [9.17, 15) is 4.79 Å². The fourth-order valence-corrected chi connectivity index (χ4v) is 3.60. The first kappa shape index (κ1) is 20.4. The molecular weight excluding hydrogens is 326 g/mol. The molecule has 1 aliphatic heterocycles. The number of carbonyl (C=O) groups excluding carboxylic acids is 1. The summed E-state index contributed by atoms with van der Waals surface area (Å²) in [5.74, 6) is 1.34. The second-order valence-electron chi connectivity index (χ2n) is 6.59. The topological polar surface area (TPSA) is 70.2 Å². The highest BCUT2D eigenvalue weighted by Crippen LogP contribution is 2.29. The lowest BCUT2D eigenvalue weighted by atomic mass is 10.1. The van der Waals surface area contributed by atoms with E-state index in [1.165, 1.54) is 12.8 Å². The number of amides is 1. The van der Waals surface area contributed by atoms with Crippen LogP contribution < -0.4 is 15.5 Å². The summed E-state index contributed by atoms with van der Waals surface area (Å²) in [6, 6.07) is 0.649. The van der Waals surface area contributed by atoms with E-state index in [-0.39, 0.29) is 6.04 Å². The zero-order valence-corrected chi connectivity index (χ0v) is 16.4. The molecule has 0 atom stereocenters. The van der Waals surface area contributed by atoms with Crippen LogP contribution in [-0.2, 0) is 4.79 Å². The van der Waals surface area contributed by atoms with Gasteiger partial charge in [0.15, 0.2) is 0 Å². The van der Waals surface area contributed by atoms with Gasteiger partial charge in [-0.1, -0.05) is 38.8 Å². The summed E-state index contributed by atoms with van der Waals surface area (Å²) in [5.41, 5.74) is 0.896. The second kappa shape index (κ2) is 10.9. The Morgan fingerprint density at radius 3 is 2.50 bits per heavy atom. The van der Waals surface area contributed by atoms with Crippen LogP contribution in [0.25, 0.3) is 6.08 Å². The van der Waals surface area contributed by atoms with Crippen molar-refractivity contribution in [2.75, 3.05) is 23.3 Å². The summed E-state index contributed by atoms with van der Waals surface area (Å²) >= 11 is 0. The smallest absolute Gasteiger partial charge is 0.224 e. The van der Waals surface area contributed by atoms with E-state index >= 15 is 0 Å². The van der Waals surface area contributed by atoms with Gasteiger partial charge in [-0.25, -0.2) is 4.98 Å². The van der Waals surface area contributed by atoms with Gasteiger partial charge in [0.05, 0.1) is 0 Å². The molecule has 6 nitrogen and oxygen atoms in total. The van der Waals surface area contributed by atoms with Crippen LogP contribution in [0.5, 0.6) is 0 Å². The molecule has 2 aliphatic rings. The molecule has 0 radical (unpaired) electrons. The minimum absolute atomic E-state index is 0.258. The Hall–Kier alpha value is -1.95. The van der Waals surface area contributed by atoms with Crippen LogP contribution in [0.1, 0.15) is 64.9 Å². The minimum atomic E-state index is 0.258. The van der Waals surface area contributed by atoms with E-state index in [0.29, 0.717) is 12.0 Å². The predicted molar refractivity (Wildman–Crippen MR) is 108 cm³/mol. The third-order valence-electron chi connectivity index (χ3n) is 4.89. The summed E-state index contributed by atoms with van der Waals surface area (Å²) < 4.78 is 0. The van der Waals surface area contributed by atoms with Gasteiger partial charge in [0.25, 0.3) is 0 Å². The zero-order chi connectivity index (χ0) is 18.8. The van der Waals surface area contributed by atoms with Crippen molar-refractivity contribution >= 4 is 24.3 Å². The molecule has 0 unspecified atom stereocenters. The number of allylic oxidation sites excluding steroid dienone is 1. The Labute approximate surface area is 157 Å². The van der Waals surface area contributed by atoms with Gasteiger partial charge >= 0.3 is 0 Å². The van der Waals surface area contributed by atoms with E-state index in [1.807, 2.05) is 39.1 Å². The lowest BCUT2D eigenvalue weighted by Gasteiger charge is -2.27. The van der Waals surface area contributed by atoms with Crippen LogP contribution >= 0.6 is 0 Å². The average molecular weight is 360 g/mol. The highest BCUT2D eigenvalue weighted by atomic mass is 16.1. The van der Waals surface area contributed by atoms with Gasteiger partial charge in [-0.05, 0) is 45.7 Å². The normalized spacial score (nSPS) is 18.4. The Morgan fingerprint density at radius 2 is 1.88 bits per heavy atom. The number of hydrogen-bond acceptors (Lipinski definition) is 5. The van der Waals surface area contributed by atoms with Crippen LogP contribution in [0.15, 0.2) is 12.3 Å². The van der Waals surface area contributed by atoms with Crippen molar-refractivity contribution in [3.8, 4) is 0 Å². The van der Waals surface area contributed by atoms with E-state index in [4.69, 9.17) is 4.98 Å². The maximum absolute atomic E-state index is 11.8. The van der Waals surface area contributed by atoms with Gasteiger partial charge in [-0.15, -0.1) is 0 Å². The third-order valence-corrected chi connectivity index (χ3v) is 4.89. The van der Waals surface area contributed by atoms with Crippen molar-refractivity contribution in [1.82, 2.24) is 15.3 Å². The lowest BCUT2D eigenvalue weighted by molar-refractivity contribution is -0.107. The van der Waals surface area contributed by atoms with Crippen molar-refractivity contribution in [2.45, 2.75) is 71.4 Å². The summed E-state index contributed by atoms with van der Waals surface area (Å²) in [5, 5.41) is 6.79. The monoisotopic (exact) mass is 359 g/mol. The third kappa shape index (κ3) is 5.27. The summed E-state index contributed by atoms with van der Waals surface area (Å²) in [6.45, 7) is 8.00. The molecule has 1 aromatic heterocycles. The van der Waals surface area contributed by atoms with Crippen molar-refractivity contribution in [3.05, 3.63) is 17.8 Å². The molecule has 6 heteroatoms. The number of piperidine rings is 1. The highest BCUT2D eigenvalue weighted by Gasteiger charge is 2.25. The van der Waals surface area contributed by atoms with Crippen molar-refractivity contribution in [2.24, 2.45) is 0 Å². The maximum atomic E-state index is 11.8. The number of nitrogens with zero attached hydrogens (tertiary/aromatic N) is 3.